The average Bonchev–Trinajstić information content (AvgIpc) is 2.70. The second-order valence-corrected chi connectivity index (χ2v) is 6.38. The Balaban J connectivity index is 1.97. The van der Waals surface area contributed by atoms with Gasteiger partial charge in [-0.2, -0.15) is 0 Å². The van der Waals surface area contributed by atoms with E-state index in [0.29, 0.717) is 19.5 Å². The Kier molecular flexibility index (Phi) is 4.81. The van der Waals surface area contributed by atoms with Gasteiger partial charge in [0.05, 0.1) is 5.92 Å². The maximum atomic E-state index is 12.0. The van der Waals surface area contributed by atoms with Crippen molar-refractivity contribution in [1.29, 1.82) is 0 Å². The fraction of sp³-hybridized carbons (Fsp3) is 0.467. The molecular formula is C15H19BrN2O2. The van der Waals surface area contributed by atoms with E-state index in [-0.39, 0.29) is 23.8 Å². The molecule has 1 aromatic carbocycles. The Labute approximate surface area is 127 Å². The molecular weight excluding hydrogens is 320 g/mol. The van der Waals surface area contributed by atoms with Crippen LogP contribution in [0.15, 0.2) is 28.7 Å². The molecule has 4 nitrogen and oxygen atoms in total. The molecule has 20 heavy (non-hydrogen) atoms. The van der Waals surface area contributed by atoms with Crippen LogP contribution in [0, 0.1) is 5.92 Å². The van der Waals surface area contributed by atoms with Gasteiger partial charge >= 0.3 is 0 Å². The number of likely N-dealkylation sites (tertiary alicyclic amines) is 1. The molecule has 0 bridgehead atoms. The maximum Gasteiger partial charge on any atom is 0.225 e. The molecule has 2 rings (SSSR count). The zero-order valence-corrected chi connectivity index (χ0v) is 13.3. The largest absolute Gasteiger partial charge is 0.354 e. The van der Waals surface area contributed by atoms with Crippen LogP contribution in [-0.2, 0) is 16.1 Å². The number of hydrogen-bond donors (Lipinski definition) is 1. The number of nitrogens with one attached hydrogen (secondary N) is 1. The molecule has 0 aromatic heterocycles. The third-order valence-electron chi connectivity index (χ3n) is 3.28. The van der Waals surface area contributed by atoms with Gasteiger partial charge in [0.15, 0.2) is 0 Å². The van der Waals surface area contributed by atoms with Crippen molar-refractivity contribution in [3.05, 3.63) is 34.3 Å². The molecule has 0 spiro atoms. The lowest BCUT2D eigenvalue weighted by molar-refractivity contribution is -0.129. The number of hydrogen-bond acceptors (Lipinski definition) is 2. The SMILES string of the molecule is CC(C)NC(=O)[C@@H]1CC(=O)N(Cc2cccc(Br)c2)C1. The molecule has 0 saturated carbocycles. The van der Waals surface area contributed by atoms with E-state index in [4.69, 9.17) is 0 Å². The Morgan fingerprint density at radius 3 is 2.90 bits per heavy atom. The van der Waals surface area contributed by atoms with Crippen LogP contribution in [0.2, 0.25) is 0 Å². The topological polar surface area (TPSA) is 49.4 Å². The van der Waals surface area contributed by atoms with Crippen molar-refractivity contribution < 1.29 is 9.59 Å². The Morgan fingerprint density at radius 1 is 1.50 bits per heavy atom. The number of carbonyl (C=O) groups excluding carboxylic acids is 2. The summed E-state index contributed by atoms with van der Waals surface area (Å²) in [7, 11) is 0. The van der Waals surface area contributed by atoms with Crippen LogP contribution in [-0.4, -0.2) is 29.3 Å². The van der Waals surface area contributed by atoms with Crippen molar-refractivity contribution in [1.82, 2.24) is 10.2 Å². The van der Waals surface area contributed by atoms with Crippen LogP contribution in [0.3, 0.4) is 0 Å². The van der Waals surface area contributed by atoms with E-state index >= 15 is 0 Å². The summed E-state index contributed by atoms with van der Waals surface area (Å²) in [5.41, 5.74) is 1.07. The van der Waals surface area contributed by atoms with Crippen molar-refractivity contribution in [2.24, 2.45) is 5.92 Å². The third-order valence-corrected chi connectivity index (χ3v) is 3.77. The summed E-state index contributed by atoms with van der Waals surface area (Å²) in [5, 5.41) is 2.87. The first kappa shape index (κ1) is 15.0. The molecule has 5 heteroatoms. The first-order chi connectivity index (χ1) is 9.45. The van der Waals surface area contributed by atoms with Crippen LogP contribution in [0.25, 0.3) is 0 Å². The standard InChI is InChI=1S/C15H19BrN2O2/c1-10(2)17-15(20)12-7-14(19)18(9-12)8-11-4-3-5-13(16)6-11/h3-6,10,12H,7-9H2,1-2H3,(H,17,20)/t12-/m1/s1. The van der Waals surface area contributed by atoms with Crippen LogP contribution < -0.4 is 5.32 Å². The van der Waals surface area contributed by atoms with Gasteiger partial charge < -0.3 is 10.2 Å². The van der Waals surface area contributed by atoms with Gasteiger partial charge in [0.2, 0.25) is 11.8 Å². The van der Waals surface area contributed by atoms with E-state index in [9.17, 15) is 9.59 Å². The number of nitrogens with zero attached hydrogens (tertiary/aromatic N) is 1. The average molecular weight is 339 g/mol. The van der Waals surface area contributed by atoms with Crippen LogP contribution in [0.1, 0.15) is 25.8 Å². The van der Waals surface area contributed by atoms with E-state index in [1.54, 1.807) is 4.90 Å². The predicted molar refractivity (Wildman–Crippen MR) is 80.9 cm³/mol. The highest BCUT2D eigenvalue weighted by atomic mass is 79.9. The summed E-state index contributed by atoms with van der Waals surface area (Å²) in [6.45, 7) is 4.91. The van der Waals surface area contributed by atoms with E-state index in [0.717, 1.165) is 10.0 Å². The molecule has 0 radical (unpaired) electrons. The zero-order chi connectivity index (χ0) is 14.7. The fourth-order valence-electron chi connectivity index (χ4n) is 2.36. The summed E-state index contributed by atoms with van der Waals surface area (Å²) in [4.78, 5) is 25.7. The highest BCUT2D eigenvalue weighted by Crippen LogP contribution is 2.21. The normalized spacial score (nSPS) is 18.7. The van der Waals surface area contributed by atoms with Crippen molar-refractivity contribution in [2.75, 3.05) is 6.54 Å². The number of carbonyl (C=O) groups is 2. The second kappa shape index (κ2) is 6.39. The quantitative estimate of drug-likeness (QED) is 0.915. The first-order valence-corrected chi connectivity index (χ1v) is 7.57. The van der Waals surface area contributed by atoms with Gasteiger partial charge in [-0.05, 0) is 31.5 Å². The van der Waals surface area contributed by atoms with E-state index in [2.05, 4.69) is 21.2 Å². The minimum Gasteiger partial charge on any atom is -0.354 e. The molecule has 2 amide bonds. The van der Waals surface area contributed by atoms with Gasteiger partial charge in [0.25, 0.3) is 0 Å². The maximum absolute atomic E-state index is 12.0. The highest BCUT2D eigenvalue weighted by Gasteiger charge is 2.34. The van der Waals surface area contributed by atoms with Crippen molar-refractivity contribution in [2.45, 2.75) is 32.9 Å². The van der Waals surface area contributed by atoms with Gasteiger partial charge in [-0.3, -0.25) is 9.59 Å². The lowest BCUT2D eigenvalue weighted by atomic mass is 10.1. The Morgan fingerprint density at radius 2 is 2.25 bits per heavy atom. The van der Waals surface area contributed by atoms with Crippen molar-refractivity contribution in [3.63, 3.8) is 0 Å². The van der Waals surface area contributed by atoms with E-state index in [1.165, 1.54) is 0 Å². The summed E-state index contributed by atoms with van der Waals surface area (Å²) >= 11 is 3.42. The lowest BCUT2D eigenvalue weighted by Gasteiger charge is -2.17. The molecule has 1 aliphatic heterocycles. The minimum absolute atomic E-state index is 0.0231. The molecule has 1 saturated heterocycles. The third kappa shape index (κ3) is 3.82. The number of rotatable bonds is 4. The number of halogens is 1. The summed E-state index contributed by atoms with van der Waals surface area (Å²) < 4.78 is 0.996. The summed E-state index contributed by atoms with van der Waals surface area (Å²) in [6, 6.07) is 7.99. The molecule has 108 valence electrons. The Bertz CT molecular complexity index is 516. The van der Waals surface area contributed by atoms with Gasteiger partial charge in [-0.15, -0.1) is 0 Å². The molecule has 0 unspecified atom stereocenters. The van der Waals surface area contributed by atoms with Crippen LogP contribution >= 0.6 is 15.9 Å². The predicted octanol–water partition coefficient (Wildman–Crippen LogP) is 2.32. The first-order valence-electron chi connectivity index (χ1n) is 6.78. The van der Waals surface area contributed by atoms with E-state index < -0.39 is 0 Å². The van der Waals surface area contributed by atoms with Gasteiger partial charge in [0.1, 0.15) is 0 Å². The molecule has 1 heterocycles. The molecule has 0 aliphatic carbocycles. The molecule has 1 atom stereocenters. The van der Waals surface area contributed by atoms with Crippen molar-refractivity contribution in [3.8, 4) is 0 Å². The zero-order valence-electron chi connectivity index (χ0n) is 11.7. The number of amides is 2. The Hall–Kier alpha value is -1.36. The minimum atomic E-state index is -0.225. The van der Waals surface area contributed by atoms with Gasteiger partial charge in [-0.25, -0.2) is 0 Å². The monoisotopic (exact) mass is 338 g/mol. The summed E-state index contributed by atoms with van der Waals surface area (Å²) in [6.07, 6.45) is 0.312. The van der Waals surface area contributed by atoms with Crippen LogP contribution in [0.5, 0.6) is 0 Å². The number of benzene rings is 1. The second-order valence-electron chi connectivity index (χ2n) is 5.47. The molecule has 1 aliphatic rings. The molecule has 1 aromatic rings. The van der Waals surface area contributed by atoms with Gasteiger partial charge in [-0.1, -0.05) is 28.1 Å². The van der Waals surface area contributed by atoms with Crippen LogP contribution in [0.4, 0.5) is 0 Å². The summed E-state index contributed by atoms with van der Waals surface area (Å²) in [5.74, 6) is -0.198. The highest BCUT2D eigenvalue weighted by molar-refractivity contribution is 9.10. The van der Waals surface area contributed by atoms with Crippen molar-refractivity contribution >= 4 is 27.7 Å². The van der Waals surface area contributed by atoms with Gasteiger partial charge in [0, 0.05) is 30.0 Å². The van der Waals surface area contributed by atoms with E-state index in [1.807, 2.05) is 38.1 Å². The lowest BCUT2D eigenvalue weighted by Crippen LogP contribution is -2.36. The fourth-order valence-corrected chi connectivity index (χ4v) is 2.81. The molecule has 1 fully saturated rings. The molecule has 1 N–H and O–H groups in total. The smallest absolute Gasteiger partial charge is 0.225 e.